The van der Waals surface area contributed by atoms with E-state index in [-0.39, 0.29) is 29.1 Å². The number of nitrogens with one attached hydrogen (secondary N) is 1. The third-order valence-electron chi connectivity index (χ3n) is 4.57. The SMILES string of the molecule is CCc1ccc(Nc2nccc(C(=O)N(C)C3CCS(=O)(=O)C3)n2)cc1. The van der Waals surface area contributed by atoms with Gasteiger partial charge >= 0.3 is 0 Å². The molecular weight excluding hydrogens is 352 g/mol. The lowest BCUT2D eigenvalue weighted by molar-refractivity contribution is 0.0741. The molecule has 1 amide bonds. The number of sulfone groups is 1. The first-order valence-electron chi connectivity index (χ1n) is 8.54. The predicted octanol–water partition coefficient (Wildman–Crippen LogP) is 2.04. The van der Waals surface area contributed by atoms with Gasteiger partial charge in [0.1, 0.15) is 5.69 Å². The molecule has 1 aliphatic heterocycles. The van der Waals surface area contributed by atoms with Crippen LogP contribution in [0.2, 0.25) is 0 Å². The lowest BCUT2D eigenvalue weighted by Crippen LogP contribution is -2.38. The van der Waals surface area contributed by atoms with Crippen molar-refractivity contribution in [3.05, 3.63) is 47.8 Å². The summed E-state index contributed by atoms with van der Waals surface area (Å²) < 4.78 is 23.3. The maximum Gasteiger partial charge on any atom is 0.272 e. The van der Waals surface area contributed by atoms with Crippen molar-refractivity contribution in [2.75, 3.05) is 23.9 Å². The zero-order valence-electron chi connectivity index (χ0n) is 14.8. The van der Waals surface area contributed by atoms with Crippen LogP contribution in [-0.4, -0.2) is 53.8 Å². The van der Waals surface area contributed by atoms with Crippen LogP contribution in [0.3, 0.4) is 0 Å². The van der Waals surface area contributed by atoms with Gasteiger partial charge in [-0.1, -0.05) is 19.1 Å². The summed E-state index contributed by atoms with van der Waals surface area (Å²) >= 11 is 0. The fourth-order valence-corrected chi connectivity index (χ4v) is 4.69. The van der Waals surface area contributed by atoms with Gasteiger partial charge in [0.15, 0.2) is 9.84 Å². The van der Waals surface area contributed by atoms with Crippen LogP contribution in [0.25, 0.3) is 0 Å². The number of amides is 1. The molecule has 8 heteroatoms. The highest BCUT2D eigenvalue weighted by atomic mass is 32.2. The summed E-state index contributed by atoms with van der Waals surface area (Å²) in [6.07, 6.45) is 2.94. The molecule has 1 aromatic carbocycles. The maximum absolute atomic E-state index is 12.6. The summed E-state index contributed by atoms with van der Waals surface area (Å²) in [5, 5.41) is 3.08. The molecule has 1 saturated heterocycles. The number of nitrogens with zero attached hydrogens (tertiary/aromatic N) is 3. The van der Waals surface area contributed by atoms with Crippen molar-refractivity contribution in [1.82, 2.24) is 14.9 Å². The van der Waals surface area contributed by atoms with Gasteiger partial charge in [0, 0.05) is 25.0 Å². The van der Waals surface area contributed by atoms with E-state index in [2.05, 4.69) is 22.2 Å². The van der Waals surface area contributed by atoms with Crippen LogP contribution in [0.15, 0.2) is 36.5 Å². The number of benzene rings is 1. The standard InChI is InChI=1S/C18H22N4O3S/c1-3-13-4-6-14(7-5-13)20-18-19-10-8-16(21-18)17(23)22(2)15-9-11-26(24,25)12-15/h4-8,10,15H,3,9,11-12H2,1-2H3,(H,19,20,21). The number of anilines is 2. The first-order chi connectivity index (χ1) is 12.4. The molecule has 1 aliphatic rings. The van der Waals surface area contributed by atoms with E-state index in [9.17, 15) is 13.2 Å². The molecule has 1 aromatic heterocycles. The van der Waals surface area contributed by atoms with Gasteiger partial charge in [-0.3, -0.25) is 4.79 Å². The molecule has 1 unspecified atom stereocenters. The fourth-order valence-electron chi connectivity index (χ4n) is 2.92. The normalized spacial score (nSPS) is 18.5. The minimum absolute atomic E-state index is 0.00913. The summed E-state index contributed by atoms with van der Waals surface area (Å²) in [4.78, 5) is 22.5. The molecule has 2 heterocycles. The molecule has 26 heavy (non-hydrogen) atoms. The van der Waals surface area contributed by atoms with Crippen LogP contribution in [0.4, 0.5) is 11.6 Å². The van der Waals surface area contributed by atoms with Crippen LogP contribution in [0.5, 0.6) is 0 Å². The minimum Gasteiger partial charge on any atom is -0.336 e. The molecule has 2 aromatic rings. The number of hydrogen-bond donors (Lipinski definition) is 1. The van der Waals surface area contributed by atoms with Gasteiger partial charge in [-0.15, -0.1) is 0 Å². The summed E-state index contributed by atoms with van der Waals surface area (Å²) in [5.41, 5.74) is 2.30. The number of carbonyl (C=O) groups is 1. The van der Waals surface area contributed by atoms with Gasteiger partial charge in [-0.2, -0.15) is 0 Å². The van der Waals surface area contributed by atoms with E-state index < -0.39 is 9.84 Å². The lowest BCUT2D eigenvalue weighted by atomic mass is 10.1. The maximum atomic E-state index is 12.6. The van der Waals surface area contributed by atoms with Crippen molar-refractivity contribution in [1.29, 1.82) is 0 Å². The van der Waals surface area contributed by atoms with Gasteiger partial charge in [-0.25, -0.2) is 18.4 Å². The van der Waals surface area contributed by atoms with Crippen LogP contribution >= 0.6 is 0 Å². The van der Waals surface area contributed by atoms with Gasteiger partial charge < -0.3 is 10.2 Å². The number of aromatic nitrogens is 2. The van der Waals surface area contributed by atoms with E-state index >= 15 is 0 Å². The van der Waals surface area contributed by atoms with E-state index in [1.165, 1.54) is 22.7 Å². The largest absolute Gasteiger partial charge is 0.336 e. The Kier molecular flexibility index (Phi) is 5.22. The van der Waals surface area contributed by atoms with Crippen molar-refractivity contribution in [3.8, 4) is 0 Å². The van der Waals surface area contributed by atoms with Crippen molar-refractivity contribution in [2.45, 2.75) is 25.8 Å². The minimum atomic E-state index is -3.05. The Balaban J connectivity index is 1.72. The second kappa shape index (κ2) is 7.41. The Morgan fingerprint density at radius 1 is 1.27 bits per heavy atom. The zero-order chi connectivity index (χ0) is 18.7. The molecule has 1 atom stereocenters. The summed E-state index contributed by atoms with van der Waals surface area (Å²) in [6, 6.07) is 9.14. The molecule has 1 N–H and O–H groups in total. The zero-order valence-corrected chi connectivity index (χ0v) is 15.7. The van der Waals surface area contributed by atoms with Crippen molar-refractivity contribution in [3.63, 3.8) is 0 Å². The highest BCUT2D eigenvalue weighted by Gasteiger charge is 2.33. The third-order valence-corrected chi connectivity index (χ3v) is 6.32. The fraction of sp³-hybridized carbons (Fsp3) is 0.389. The van der Waals surface area contributed by atoms with Crippen LogP contribution in [0, 0.1) is 0 Å². The lowest BCUT2D eigenvalue weighted by Gasteiger charge is -2.23. The van der Waals surface area contributed by atoms with Crippen LogP contribution in [-0.2, 0) is 16.3 Å². The Morgan fingerprint density at radius 3 is 2.62 bits per heavy atom. The summed E-state index contributed by atoms with van der Waals surface area (Å²) in [5.74, 6) is 0.154. The predicted molar refractivity (Wildman–Crippen MR) is 100 cm³/mol. The average Bonchev–Trinajstić information content (AvgIpc) is 3.01. The molecule has 7 nitrogen and oxygen atoms in total. The molecule has 0 bridgehead atoms. The van der Waals surface area contributed by atoms with Crippen molar-refractivity contribution in [2.24, 2.45) is 0 Å². The first-order valence-corrected chi connectivity index (χ1v) is 10.4. The Hall–Kier alpha value is -2.48. The average molecular weight is 374 g/mol. The van der Waals surface area contributed by atoms with E-state index in [1.54, 1.807) is 7.05 Å². The number of aryl methyl sites for hydroxylation is 1. The topological polar surface area (TPSA) is 92.3 Å². The number of carbonyl (C=O) groups excluding carboxylic acids is 1. The molecule has 0 spiro atoms. The van der Waals surface area contributed by atoms with E-state index in [0.29, 0.717) is 12.4 Å². The van der Waals surface area contributed by atoms with E-state index in [0.717, 1.165) is 12.1 Å². The summed E-state index contributed by atoms with van der Waals surface area (Å²) in [7, 11) is -1.43. The number of rotatable bonds is 5. The molecule has 0 saturated carbocycles. The first kappa shape index (κ1) is 18.3. The number of hydrogen-bond acceptors (Lipinski definition) is 6. The van der Waals surface area contributed by atoms with Crippen molar-refractivity contribution >= 4 is 27.4 Å². The molecule has 3 rings (SSSR count). The van der Waals surface area contributed by atoms with Crippen LogP contribution < -0.4 is 5.32 Å². The highest BCUT2D eigenvalue weighted by Crippen LogP contribution is 2.19. The Morgan fingerprint density at radius 2 is 2.00 bits per heavy atom. The Bertz CT molecular complexity index is 897. The molecule has 138 valence electrons. The van der Waals surface area contributed by atoms with E-state index in [4.69, 9.17) is 0 Å². The second-order valence-electron chi connectivity index (χ2n) is 6.41. The van der Waals surface area contributed by atoms with Gasteiger partial charge in [-0.05, 0) is 36.6 Å². The smallest absolute Gasteiger partial charge is 0.272 e. The van der Waals surface area contributed by atoms with Crippen molar-refractivity contribution < 1.29 is 13.2 Å². The molecule has 0 aliphatic carbocycles. The van der Waals surface area contributed by atoms with Gasteiger partial charge in [0.2, 0.25) is 5.95 Å². The molecule has 0 radical (unpaired) electrons. The van der Waals surface area contributed by atoms with Gasteiger partial charge in [0.05, 0.1) is 11.5 Å². The molecular formula is C18H22N4O3S. The van der Waals surface area contributed by atoms with Crippen LogP contribution in [0.1, 0.15) is 29.4 Å². The summed E-state index contributed by atoms with van der Waals surface area (Å²) in [6.45, 7) is 2.09. The highest BCUT2D eigenvalue weighted by molar-refractivity contribution is 7.91. The molecule has 1 fully saturated rings. The quantitative estimate of drug-likeness (QED) is 0.861. The van der Waals surface area contributed by atoms with E-state index in [1.807, 2.05) is 24.3 Å². The van der Waals surface area contributed by atoms with Gasteiger partial charge in [0.25, 0.3) is 5.91 Å². The third kappa shape index (κ3) is 4.19. The second-order valence-corrected chi connectivity index (χ2v) is 8.64. The Labute approximate surface area is 153 Å². The monoisotopic (exact) mass is 374 g/mol.